The van der Waals surface area contributed by atoms with Gasteiger partial charge in [0.15, 0.2) is 0 Å². The van der Waals surface area contributed by atoms with Crippen molar-refractivity contribution in [2.24, 2.45) is 0 Å². The summed E-state index contributed by atoms with van der Waals surface area (Å²) in [6.45, 7) is 4.46. The number of amides is 2. The minimum atomic E-state index is -0.0242. The molecule has 0 aromatic carbocycles. The van der Waals surface area contributed by atoms with Crippen molar-refractivity contribution in [1.82, 2.24) is 15.1 Å². The lowest BCUT2D eigenvalue weighted by atomic mass is 10.2. The van der Waals surface area contributed by atoms with Crippen LogP contribution in [0.4, 0.5) is 0 Å². The average Bonchev–Trinajstić information content (AvgIpc) is 2.71. The first-order valence-electron chi connectivity index (χ1n) is 6.04. The van der Waals surface area contributed by atoms with Gasteiger partial charge in [-0.3, -0.25) is 14.9 Å². The lowest BCUT2D eigenvalue weighted by Crippen LogP contribution is -2.46. The zero-order valence-corrected chi connectivity index (χ0v) is 12.2. The molecule has 2 rings (SSSR count). The molecule has 2 heterocycles. The van der Waals surface area contributed by atoms with Crippen LogP contribution in [0.1, 0.15) is 13.3 Å². The SMILES string of the molecule is CC(=O)N1CCCN(C(=O)C2CSCN2)CC1.Cl. The summed E-state index contributed by atoms with van der Waals surface area (Å²) in [5.74, 6) is 2.03. The van der Waals surface area contributed by atoms with E-state index >= 15 is 0 Å². The van der Waals surface area contributed by atoms with Crippen molar-refractivity contribution in [2.75, 3.05) is 37.8 Å². The van der Waals surface area contributed by atoms with Gasteiger partial charge in [0, 0.05) is 44.7 Å². The molecule has 1 N–H and O–H groups in total. The molecule has 0 aliphatic carbocycles. The van der Waals surface area contributed by atoms with Gasteiger partial charge in [-0.05, 0) is 6.42 Å². The maximum Gasteiger partial charge on any atom is 0.240 e. The van der Waals surface area contributed by atoms with Gasteiger partial charge >= 0.3 is 0 Å². The molecule has 104 valence electrons. The summed E-state index contributed by atoms with van der Waals surface area (Å²) < 4.78 is 0. The van der Waals surface area contributed by atoms with Crippen molar-refractivity contribution in [3.05, 3.63) is 0 Å². The minimum Gasteiger partial charge on any atom is -0.341 e. The fraction of sp³-hybridized carbons (Fsp3) is 0.818. The number of hydrogen-bond donors (Lipinski definition) is 1. The number of halogens is 1. The Kier molecular flexibility index (Phi) is 6.25. The Balaban J connectivity index is 0.00000162. The first-order chi connectivity index (χ1) is 8.18. The van der Waals surface area contributed by atoms with E-state index in [-0.39, 0.29) is 30.3 Å². The van der Waals surface area contributed by atoms with E-state index in [1.54, 1.807) is 18.7 Å². The van der Waals surface area contributed by atoms with Crippen LogP contribution in [0.15, 0.2) is 0 Å². The van der Waals surface area contributed by atoms with E-state index in [9.17, 15) is 9.59 Å². The van der Waals surface area contributed by atoms with Crippen LogP contribution in [0.25, 0.3) is 0 Å². The van der Waals surface area contributed by atoms with Gasteiger partial charge in [-0.1, -0.05) is 0 Å². The van der Waals surface area contributed by atoms with Gasteiger partial charge in [0.1, 0.15) is 0 Å². The van der Waals surface area contributed by atoms with E-state index in [1.165, 1.54) is 0 Å². The van der Waals surface area contributed by atoms with E-state index in [0.717, 1.165) is 31.1 Å². The van der Waals surface area contributed by atoms with Crippen LogP contribution >= 0.6 is 24.2 Å². The summed E-state index contributed by atoms with van der Waals surface area (Å²) in [4.78, 5) is 27.2. The highest BCUT2D eigenvalue weighted by Crippen LogP contribution is 2.13. The minimum absolute atomic E-state index is 0. The lowest BCUT2D eigenvalue weighted by Gasteiger charge is -2.24. The topological polar surface area (TPSA) is 52.7 Å². The van der Waals surface area contributed by atoms with Crippen LogP contribution in [0.2, 0.25) is 0 Å². The van der Waals surface area contributed by atoms with Crippen molar-refractivity contribution in [1.29, 1.82) is 0 Å². The Hall–Kier alpha value is -0.460. The number of carbonyl (C=O) groups is 2. The van der Waals surface area contributed by atoms with Crippen LogP contribution in [-0.2, 0) is 9.59 Å². The molecule has 7 heteroatoms. The molecule has 2 fully saturated rings. The van der Waals surface area contributed by atoms with Gasteiger partial charge in [-0.25, -0.2) is 0 Å². The molecule has 0 spiro atoms. The number of nitrogens with zero attached hydrogens (tertiary/aromatic N) is 2. The first-order valence-corrected chi connectivity index (χ1v) is 7.19. The summed E-state index contributed by atoms with van der Waals surface area (Å²) >= 11 is 1.76. The molecule has 2 aliphatic heterocycles. The second kappa shape index (κ2) is 7.21. The number of nitrogens with one attached hydrogen (secondary N) is 1. The van der Waals surface area contributed by atoms with Crippen LogP contribution in [-0.4, -0.2) is 65.5 Å². The molecular weight excluding hydrogens is 274 g/mol. The second-order valence-corrected chi connectivity index (χ2v) is 5.49. The molecule has 18 heavy (non-hydrogen) atoms. The highest BCUT2D eigenvalue weighted by molar-refractivity contribution is 7.99. The van der Waals surface area contributed by atoms with Crippen molar-refractivity contribution in [3.8, 4) is 0 Å². The van der Waals surface area contributed by atoms with Crippen molar-refractivity contribution >= 4 is 36.0 Å². The van der Waals surface area contributed by atoms with Crippen LogP contribution in [0.3, 0.4) is 0 Å². The third-order valence-corrected chi connectivity index (χ3v) is 4.21. The zero-order valence-electron chi connectivity index (χ0n) is 10.6. The lowest BCUT2D eigenvalue weighted by molar-refractivity contribution is -0.133. The maximum atomic E-state index is 12.2. The molecular formula is C11H20ClN3O2S. The fourth-order valence-electron chi connectivity index (χ4n) is 2.23. The summed E-state index contributed by atoms with van der Waals surface area (Å²) in [5.41, 5.74) is 0. The summed E-state index contributed by atoms with van der Waals surface area (Å²) in [6, 6.07) is -0.0242. The Bertz CT molecular complexity index is 311. The van der Waals surface area contributed by atoms with Crippen LogP contribution < -0.4 is 5.32 Å². The largest absolute Gasteiger partial charge is 0.341 e. The molecule has 5 nitrogen and oxygen atoms in total. The number of rotatable bonds is 1. The van der Waals surface area contributed by atoms with E-state index < -0.39 is 0 Å². The van der Waals surface area contributed by atoms with E-state index in [4.69, 9.17) is 0 Å². The van der Waals surface area contributed by atoms with Gasteiger partial charge in [0.2, 0.25) is 11.8 Å². The van der Waals surface area contributed by atoms with Gasteiger partial charge in [-0.15, -0.1) is 24.2 Å². The van der Waals surface area contributed by atoms with E-state index in [0.29, 0.717) is 13.1 Å². The maximum absolute atomic E-state index is 12.2. The van der Waals surface area contributed by atoms with E-state index in [2.05, 4.69) is 5.32 Å². The quantitative estimate of drug-likeness (QED) is 0.748. The predicted octanol–water partition coefficient (Wildman–Crippen LogP) is 0.151. The fourth-order valence-corrected chi connectivity index (χ4v) is 3.16. The normalized spacial score (nSPS) is 24.4. The van der Waals surface area contributed by atoms with Crippen molar-refractivity contribution in [2.45, 2.75) is 19.4 Å². The number of hydrogen-bond acceptors (Lipinski definition) is 4. The number of carbonyl (C=O) groups excluding carboxylic acids is 2. The smallest absolute Gasteiger partial charge is 0.240 e. The highest BCUT2D eigenvalue weighted by Gasteiger charge is 2.28. The standard InChI is InChI=1S/C11H19N3O2S.ClH/c1-9(15)13-3-2-4-14(6-5-13)11(16)10-7-17-8-12-10;/h10,12H,2-8H2,1H3;1H. The molecule has 2 amide bonds. The molecule has 0 aromatic rings. The Morgan fingerprint density at radius 3 is 2.44 bits per heavy atom. The molecule has 1 unspecified atom stereocenters. The molecule has 0 aromatic heterocycles. The Morgan fingerprint density at radius 1 is 1.17 bits per heavy atom. The monoisotopic (exact) mass is 293 g/mol. The Morgan fingerprint density at radius 2 is 1.83 bits per heavy atom. The third kappa shape index (κ3) is 3.76. The van der Waals surface area contributed by atoms with Gasteiger partial charge in [0.05, 0.1) is 6.04 Å². The average molecular weight is 294 g/mol. The number of thioether (sulfide) groups is 1. The third-order valence-electron chi connectivity index (χ3n) is 3.27. The van der Waals surface area contributed by atoms with Gasteiger partial charge < -0.3 is 9.80 Å². The summed E-state index contributed by atoms with van der Waals surface area (Å²) in [6.07, 6.45) is 0.880. The zero-order chi connectivity index (χ0) is 12.3. The summed E-state index contributed by atoms with van der Waals surface area (Å²) in [7, 11) is 0. The van der Waals surface area contributed by atoms with E-state index in [1.807, 2.05) is 9.80 Å². The molecule has 0 saturated carbocycles. The summed E-state index contributed by atoms with van der Waals surface area (Å²) in [5, 5.41) is 3.20. The van der Waals surface area contributed by atoms with Crippen molar-refractivity contribution in [3.63, 3.8) is 0 Å². The van der Waals surface area contributed by atoms with Crippen LogP contribution in [0.5, 0.6) is 0 Å². The molecule has 2 aliphatic rings. The van der Waals surface area contributed by atoms with Crippen LogP contribution in [0, 0.1) is 0 Å². The second-order valence-electron chi connectivity index (χ2n) is 4.46. The van der Waals surface area contributed by atoms with Gasteiger partial charge in [-0.2, -0.15) is 0 Å². The first kappa shape index (κ1) is 15.6. The molecule has 0 radical (unpaired) electrons. The predicted molar refractivity (Wildman–Crippen MR) is 74.9 cm³/mol. The Labute approximate surface area is 118 Å². The molecule has 1 atom stereocenters. The highest BCUT2D eigenvalue weighted by atomic mass is 35.5. The van der Waals surface area contributed by atoms with Crippen molar-refractivity contribution < 1.29 is 9.59 Å². The van der Waals surface area contributed by atoms with Gasteiger partial charge in [0.25, 0.3) is 0 Å². The molecule has 2 saturated heterocycles. The molecule has 0 bridgehead atoms.